The molecule has 0 spiro atoms. The lowest BCUT2D eigenvalue weighted by Gasteiger charge is -2.22. The third-order valence-electron chi connectivity index (χ3n) is 2.48. The van der Waals surface area contributed by atoms with E-state index in [2.05, 4.69) is 10.6 Å². The molecule has 2 heterocycles. The van der Waals surface area contributed by atoms with Crippen LogP contribution in [-0.2, 0) is 4.79 Å². The second-order valence-corrected chi connectivity index (χ2v) is 3.10. The zero-order chi connectivity index (χ0) is 6.97. The molecular formula is C7H13ClN2O. The van der Waals surface area contributed by atoms with Crippen LogP contribution in [0.25, 0.3) is 0 Å². The number of hydrogen-bond donors (Lipinski definition) is 2. The fraction of sp³-hybridized carbons (Fsp3) is 0.857. The summed E-state index contributed by atoms with van der Waals surface area (Å²) in [4.78, 5) is 11.1. The van der Waals surface area contributed by atoms with E-state index in [1.165, 1.54) is 0 Å². The van der Waals surface area contributed by atoms with Crippen molar-refractivity contribution in [1.82, 2.24) is 10.6 Å². The summed E-state index contributed by atoms with van der Waals surface area (Å²) in [6.45, 7) is 2.91. The smallest absolute Gasteiger partial charge is 0.223 e. The van der Waals surface area contributed by atoms with Crippen molar-refractivity contribution in [2.75, 3.05) is 19.6 Å². The molecule has 0 aromatic rings. The van der Waals surface area contributed by atoms with E-state index in [0.717, 1.165) is 26.1 Å². The van der Waals surface area contributed by atoms with E-state index < -0.39 is 0 Å². The maximum atomic E-state index is 11.1. The van der Waals surface area contributed by atoms with Crippen molar-refractivity contribution >= 4 is 18.3 Å². The van der Waals surface area contributed by atoms with Crippen LogP contribution >= 0.6 is 12.4 Å². The molecule has 0 aliphatic carbocycles. The molecule has 3 nitrogen and oxygen atoms in total. The van der Waals surface area contributed by atoms with E-state index in [1.54, 1.807) is 0 Å². The van der Waals surface area contributed by atoms with Gasteiger partial charge in [-0.1, -0.05) is 0 Å². The molecular weight excluding hydrogens is 164 g/mol. The normalized spacial score (nSPS) is 35.5. The lowest BCUT2D eigenvalue weighted by molar-refractivity contribution is -0.123. The molecule has 2 saturated heterocycles. The van der Waals surface area contributed by atoms with Crippen molar-refractivity contribution in [3.05, 3.63) is 0 Å². The third kappa shape index (κ3) is 1.49. The summed E-state index contributed by atoms with van der Waals surface area (Å²) >= 11 is 0. The van der Waals surface area contributed by atoms with Gasteiger partial charge in [0.05, 0.1) is 0 Å². The summed E-state index contributed by atoms with van der Waals surface area (Å²) in [5.74, 6) is 1.16. The average Bonchev–Trinajstić information content (AvgIpc) is 2.34. The summed E-state index contributed by atoms with van der Waals surface area (Å²) < 4.78 is 0. The van der Waals surface area contributed by atoms with Crippen molar-refractivity contribution in [1.29, 1.82) is 0 Å². The second-order valence-electron chi connectivity index (χ2n) is 3.10. The molecule has 2 fully saturated rings. The molecule has 0 radical (unpaired) electrons. The van der Waals surface area contributed by atoms with Crippen molar-refractivity contribution in [2.24, 2.45) is 11.8 Å². The van der Waals surface area contributed by atoms with Gasteiger partial charge in [0.15, 0.2) is 0 Å². The minimum Gasteiger partial charge on any atom is -0.355 e. The molecule has 0 unspecified atom stereocenters. The van der Waals surface area contributed by atoms with Crippen LogP contribution in [0.3, 0.4) is 0 Å². The Morgan fingerprint density at radius 2 is 2.18 bits per heavy atom. The molecule has 2 aliphatic heterocycles. The van der Waals surface area contributed by atoms with Crippen LogP contribution in [0.2, 0.25) is 0 Å². The number of fused-ring (bicyclic) bond motifs is 1. The first-order chi connectivity index (χ1) is 4.88. The van der Waals surface area contributed by atoms with Crippen molar-refractivity contribution in [3.8, 4) is 0 Å². The van der Waals surface area contributed by atoms with Crippen LogP contribution in [0.5, 0.6) is 0 Å². The first-order valence-corrected chi connectivity index (χ1v) is 3.86. The Balaban J connectivity index is 0.000000605. The summed E-state index contributed by atoms with van der Waals surface area (Å²) in [5.41, 5.74) is 0. The molecule has 1 amide bonds. The van der Waals surface area contributed by atoms with Crippen LogP contribution in [-0.4, -0.2) is 25.5 Å². The highest BCUT2D eigenvalue weighted by Crippen LogP contribution is 2.22. The van der Waals surface area contributed by atoms with Crippen LogP contribution in [0.15, 0.2) is 0 Å². The molecule has 2 rings (SSSR count). The summed E-state index contributed by atoms with van der Waals surface area (Å²) in [7, 11) is 0. The zero-order valence-electron chi connectivity index (χ0n) is 6.30. The first-order valence-electron chi connectivity index (χ1n) is 3.86. The molecule has 11 heavy (non-hydrogen) atoms. The molecule has 0 bridgehead atoms. The number of hydrogen-bond acceptors (Lipinski definition) is 2. The van der Waals surface area contributed by atoms with E-state index in [9.17, 15) is 4.79 Å². The number of amides is 1. The van der Waals surface area contributed by atoms with E-state index in [-0.39, 0.29) is 18.3 Å². The standard InChI is InChI=1S/C7H12N2O.ClH/c10-7-6-1-2-8-3-5(6)4-9-7;/h5-6,8H,1-4H2,(H,9,10);1H/t5-,6-;/m0./s1. The molecule has 0 aromatic heterocycles. The Bertz CT molecular complexity index is 163. The SMILES string of the molecule is Cl.O=C1NC[C@@H]2CNCC[C@H]12. The summed E-state index contributed by atoms with van der Waals surface area (Å²) in [6, 6.07) is 0. The van der Waals surface area contributed by atoms with Crippen LogP contribution in [0.4, 0.5) is 0 Å². The Kier molecular flexibility index (Phi) is 2.73. The number of halogens is 1. The van der Waals surface area contributed by atoms with Gasteiger partial charge in [-0.25, -0.2) is 0 Å². The van der Waals surface area contributed by atoms with Crippen LogP contribution in [0.1, 0.15) is 6.42 Å². The second kappa shape index (κ2) is 3.41. The first kappa shape index (κ1) is 8.81. The third-order valence-corrected chi connectivity index (χ3v) is 2.48. The molecule has 64 valence electrons. The Hall–Kier alpha value is -0.280. The molecule has 4 heteroatoms. The Morgan fingerprint density at radius 3 is 2.91 bits per heavy atom. The van der Waals surface area contributed by atoms with Gasteiger partial charge in [-0.2, -0.15) is 0 Å². The average molecular weight is 177 g/mol. The van der Waals surface area contributed by atoms with Gasteiger partial charge in [0.2, 0.25) is 5.91 Å². The van der Waals surface area contributed by atoms with Crippen LogP contribution < -0.4 is 10.6 Å². The summed E-state index contributed by atoms with van der Waals surface area (Å²) in [6.07, 6.45) is 1.02. The molecule has 2 aliphatic rings. The minimum absolute atomic E-state index is 0. The number of piperidine rings is 1. The largest absolute Gasteiger partial charge is 0.355 e. The topological polar surface area (TPSA) is 41.1 Å². The highest BCUT2D eigenvalue weighted by molar-refractivity contribution is 5.85. The predicted molar refractivity (Wildman–Crippen MR) is 44.7 cm³/mol. The van der Waals surface area contributed by atoms with Gasteiger partial charge in [-0.3, -0.25) is 4.79 Å². The van der Waals surface area contributed by atoms with Crippen molar-refractivity contribution in [3.63, 3.8) is 0 Å². The maximum Gasteiger partial charge on any atom is 0.223 e. The Labute approximate surface area is 72.3 Å². The predicted octanol–water partition coefficient (Wildman–Crippen LogP) is -0.236. The zero-order valence-corrected chi connectivity index (χ0v) is 7.12. The molecule has 0 saturated carbocycles. The lowest BCUT2D eigenvalue weighted by atomic mass is 9.89. The monoisotopic (exact) mass is 176 g/mol. The van der Waals surface area contributed by atoms with Gasteiger partial charge in [-0.15, -0.1) is 12.4 Å². The Morgan fingerprint density at radius 1 is 1.36 bits per heavy atom. The highest BCUT2D eigenvalue weighted by Gasteiger charge is 2.35. The van der Waals surface area contributed by atoms with E-state index in [0.29, 0.717) is 11.8 Å². The number of carbonyl (C=O) groups excluding carboxylic acids is 1. The fourth-order valence-corrected chi connectivity index (χ4v) is 1.85. The van der Waals surface area contributed by atoms with Crippen molar-refractivity contribution < 1.29 is 4.79 Å². The lowest BCUT2D eigenvalue weighted by Crippen LogP contribution is -2.36. The summed E-state index contributed by atoms with van der Waals surface area (Å²) in [5, 5.41) is 6.17. The minimum atomic E-state index is 0. The van der Waals surface area contributed by atoms with Crippen molar-refractivity contribution in [2.45, 2.75) is 6.42 Å². The van der Waals surface area contributed by atoms with E-state index in [4.69, 9.17) is 0 Å². The van der Waals surface area contributed by atoms with Crippen LogP contribution in [0, 0.1) is 11.8 Å². The van der Waals surface area contributed by atoms with E-state index >= 15 is 0 Å². The number of rotatable bonds is 0. The maximum absolute atomic E-state index is 11.1. The number of carbonyl (C=O) groups is 1. The van der Waals surface area contributed by atoms with E-state index in [1.807, 2.05) is 0 Å². The molecule has 2 N–H and O–H groups in total. The molecule has 2 atom stereocenters. The fourth-order valence-electron chi connectivity index (χ4n) is 1.85. The van der Waals surface area contributed by atoms with Gasteiger partial charge in [0.1, 0.15) is 0 Å². The van der Waals surface area contributed by atoms with Gasteiger partial charge >= 0.3 is 0 Å². The van der Waals surface area contributed by atoms with Gasteiger partial charge < -0.3 is 10.6 Å². The van der Waals surface area contributed by atoms with Gasteiger partial charge in [0, 0.05) is 24.9 Å². The van der Waals surface area contributed by atoms with Gasteiger partial charge in [0.25, 0.3) is 0 Å². The number of nitrogens with one attached hydrogen (secondary N) is 2. The van der Waals surface area contributed by atoms with Gasteiger partial charge in [-0.05, 0) is 13.0 Å². The quantitative estimate of drug-likeness (QED) is 0.535. The molecule has 0 aromatic carbocycles. The highest BCUT2D eigenvalue weighted by atomic mass is 35.5.